The molecule has 9 heteroatoms. The molecule has 4 rings (SSSR count). The zero-order valence-corrected chi connectivity index (χ0v) is 17.0. The quantitative estimate of drug-likeness (QED) is 0.272. The van der Waals surface area contributed by atoms with E-state index in [4.69, 9.17) is 0 Å². The molecule has 0 saturated heterocycles. The Morgan fingerprint density at radius 2 is 1.81 bits per heavy atom. The molecule has 4 aromatic rings. The molecule has 1 amide bonds. The first-order valence-electron chi connectivity index (χ1n) is 9.10. The molecule has 0 aliphatic rings. The minimum atomic E-state index is -0.768. The minimum Gasteiger partial charge on any atom is -0.465 e. The Hall–Kier alpha value is -4.11. The molecule has 0 aliphatic carbocycles. The van der Waals surface area contributed by atoms with Gasteiger partial charge < -0.3 is 10.1 Å². The number of rotatable bonds is 5. The average Bonchev–Trinajstić information content (AvgIpc) is 3.22. The van der Waals surface area contributed by atoms with Gasteiger partial charge in [-0.15, -0.1) is 11.3 Å². The molecule has 31 heavy (non-hydrogen) atoms. The van der Waals surface area contributed by atoms with E-state index in [1.54, 1.807) is 18.2 Å². The molecule has 1 heterocycles. The van der Waals surface area contributed by atoms with E-state index in [0.29, 0.717) is 5.69 Å². The van der Waals surface area contributed by atoms with Crippen molar-refractivity contribution in [2.24, 2.45) is 0 Å². The van der Waals surface area contributed by atoms with Crippen molar-refractivity contribution in [3.8, 4) is 10.6 Å². The summed E-state index contributed by atoms with van der Waals surface area (Å²) in [6, 6.07) is 18.4. The van der Waals surface area contributed by atoms with E-state index in [9.17, 15) is 19.7 Å². The number of carbonyl (C=O) groups is 2. The van der Waals surface area contributed by atoms with Gasteiger partial charge in [0.15, 0.2) is 0 Å². The number of nitrogens with one attached hydrogen (secondary N) is 1. The van der Waals surface area contributed by atoms with Crippen LogP contribution in [0.4, 0.5) is 11.4 Å². The SMILES string of the molecule is COC(=O)c1cc(C(=O)Nc2cccc(-c3nc4ccccc4s3)c2)cc([N+](=O)[O-])c1. The number of carbonyl (C=O) groups excluding carboxylic acids is 2. The summed E-state index contributed by atoms with van der Waals surface area (Å²) < 4.78 is 5.67. The summed E-state index contributed by atoms with van der Waals surface area (Å²) in [7, 11) is 1.16. The Kier molecular flexibility index (Phi) is 5.42. The number of anilines is 1. The number of amides is 1. The van der Waals surface area contributed by atoms with E-state index in [0.717, 1.165) is 40.0 Å². The number of non-ortho nitro benzene ring substituents is 1. The number of ether oxygens (including phenoxy) is 1. The van der Waals surface area contributed by atoms with Gasteiger partial charge in [-0.25, -0.2) is 9.78 Å². The zero-order chi connectivity index (χ0) is 22.0. The average molecular weight is 433 g/mol. The summed E-state index contributed by atoms with van der Waals surface area (Å²) in [6.45, 7) is 0. The number of methoxy groups -OCH3 is 1. The second-order valence-corrected chi connectivity index (χ2v) is 7.57. The molecule has 3 aromatic carbocycles. The predicted octanol–water partition coefficient (Wildman–Crippen LogP) is 4.91. The fraction of sp³-hybridized carbons (Fsp3) is 0.0455. The van der Waals surface area contributed by atoms with Crippen LogP contribution in [0, 0.1) is 10.1 Å². The maximum atomic E-state index is 12.7. The summed E-state index contributed by atoms with van der Waals surface area (Å²) in [5, 5.41) is 14.7. The van der Waals surface area contributed by atoms with Crippen molar-refractivity contribution in [2.45, 2.75) is 0 Å². The summed E-state index contributed by atoms with van der Waals surface area (Å²) in [6.07, 6.45) is 0. The molecule has 0 aliphatic heterocycles. The van der Waals surface area contributed by atoms with Crippen LogP contribution in [-0.4, -0.2) is 28.9 Å². The van der Waals surface area contributed by atoms with Crippen LogP contribution in [0.25, 0.3) is 20.8 Å². The summed E-state index contributed by atoms with van der Waals surface area (Å²) in [5.41, 5.74) is 1.73. The molecular formula is C22H15N3O5S. The molecule has 0 bridgehead atoms. The van der Waals surface area contributed by atoms with Crippen LogP contribution in [0.2, 0.25) is 0 Å². The van der Waals surface area contributed by atoms with Gasteiger partial charge in [0, 0.05) is 28.9 Å². The lowest BCUT2D eigenvalue weighted by Gasteiger charge is -2.08. The third kappa shape index (κ3) is 4.26. The lowest BCUT2D eigenvalue weighted by atomic mass is 10.1. The maximum Gasteiger partial charge on any atom is 0.338 e. The van der Waals surface area contributed by atoms with E-state index in [2.05, 4.69) is 15.0 Å². The zero-order valence-electron chi connectivity index (χ0n) is 16.2. The molecule has 8 nitrogen and oxygen atoms in total. The standard InChI is InChI=1S/C22H15N3O5S/c1-30-22(27)15-9-14(11-17(12-15)25(28)29)20(26)23-16-6-4-5-13(10-16)21-24-18-7-2-3-8-19(18)31-21/h2-12H,1H3,(H,23,26). The molecule has 0 unspecified atom stereocenters. The van der Waals surface area contributed by atoms with Gasteiger partial charge in [0.05, 0.1) is 27.8 Å². The molecule has 0 fully saturated rings. The van der Waals surface area contributed by atoms with Crippen LogP contribution in [-0.2, 0) is 4.74 Å². The number of fused-ring (bicyclic) bond motifs is 1. The number of benzene rings is 3. The van der Waals surface area contributed by atoms with Crippen LogP contribution in [0.5, 0.6) is 0 Å². The summed E-state index contributed by atoms with van der Waals surface area (Å²) in [5.74, 6) is -1.36. The van der Waals surface area contributed by atoms with Gasteiger partial charge in [-0.1, -0.05) is 24.3 Å². The number of nitrogens with zero attached hydrogens (tertiary/aromatic N) is 2. The highest BCUT2D eigenvalue weighted by Crippen LogP contribution is 2.31. The summed E-state index contributed by atoms with van der Waals surface area (Å²) in [4.78, 5) is 39.7. The van der Waals surface area contributed by atoms with E-state index < -0.39 is 16.8 Å². The number of para-hydroxylation sites is 1. The van der Waals surface area contributed by atoms with Gasteiger partial charge in [-0.05, 0) is 30.3 Å². The van der Waals surface area contributed by atoms with E-state index >= 15 is 0 Å². The second-order valence-electron chi connectivity index (χ2n) is 6.54. The molecule has 0 radical (unpaired) electrons. The molecule has 0 saturated carbocycles. The third-order valence-corrected chi connectivity index (χ3v) is 5.56. The van der Waals surface area contributed by atoms with Gasteiger partial charge >= 0.3 is 5.97 Å². The highest BCUT2D eigenvalue weighted by Gasteiger charge is 2.19. The number of nitro groups is 1. The molecular weight excluding hydrogens is 418 g/mol. The van der Waals surface area contributed by atoms with Crippen molar-refractivity contribution >= 4 is 44.8 Å². The van der Waals surface area contributed by atoms with Crippen LogP contribution < -0.4 is 5.32 Å². The van der Waals surface area contributed by atoms with Crippen molar-refractivity contribution < 1.29 is 19.2 Å². The number of aromatic nitrogens is 1. The lowest BCUT2D eigenvalue weighted by molar-refractivity contribution is -0.384. The van der Waals surface area contributed by atoms with Crippen molar-refractivity contribution in [2.75, 3.05) is 12.4 Å². The van der Waals surface area contributed by atoms with Crippen LogP contribution in [0.1, 0.15) is 20.7 Å². The molecule has 1 aromatic heterocycles. The molecule has 1 N–H and O–H groups in total. The van der Waals surface area contributed by atoms with Crippen molar-refractivity contribution in [1.82, 2.24) is 4.98 Å². The largest absolute Gasteiger partial charge is 0.465 e. The van der Waals surface area contributed by atoms with E-state index in [-0.39, 0.29) is 16.8 Å². The minimum absolute atomic E-state index is 0.0278. The number of hydrogen-bond donors (Lipinski definition) is 1. The van der Waals surface area contributed by atoms with Gasteiger partial charge in [0.1, 0.15) is 5.01 Å². The Bertz CT molecular complexity index is 1300. The van der Waals surface area contributed by atoms with Gasteiger partial charge in [-0.3, -0.25) is 14.9 Å². The van der Waals surface area contributed by atoms with Crippen molar-refractivity contribution in [3.63, 3.8) is 0 Å². The van der Waals surface area contributed by atoms with Crippen molar-refractivity contribution in [3.05, 3.63) is 88.0 Å². The Morgan fingerprint density at radius 3 is 2.55 bits per heavy atom. The fourth-order valence-corrected chi connectivity index (χ4v) is 3.97. The van der Waals surface area contributed by atoms with Crippen LogP contribution in [0.15, 0.2) is 66.7 Å². The molecule has 0 spiro atoms. The summed E-state index contributed by atoms with van der Waals surface area (Å²) >= 11 is 1.54. The predicted molar refractivity (Wildman–Crippen MR) is 117 cm³/mol. The number of thiazole rings is 1. The normalized spacial score (nSPS) is 10.6. The smallest absolute Gasteiger partial charge is 0.338 e. The van der Waals surface area contributed by atoms with Crippen molar-refractivity contribution in [1.29, 1.82) is 0 Å². The Morgan fingerprint density at radius 1 is 1.03 bits per heavy atom. The highest BCUT2D eigenvalue weighted by atomic mass is 32.1. The number of esters is 1. The van der Waals surface area contributed by atoms with Gasteiger partial charge in [-0.2, -0.15) is 0 Å². The Labute approximate surface area is 180 Å². The number of hydrogen-bond acceptors (Lipinski definition) is 7. The second kappa shape index (κ2) is 8.33. The monoisotopic (exact) mass is 433 g/mol. The first-order chi connectivity index (χ1) is 14.9. The Balaban J connectivity index is 1.63. The maximum absolute atomic E-state index is 12.7. The molecule has 0 atom stereocenters. The van der Waals surface area contributed by atoms with Gasteiger partial charge in [0.25, 0.3) is 11.6 Å². The van der Waals surface area contributed by atoms with Crippen LogP contribution in [0.3, 0.4) is 0 Å². The molecule has 154 valence electrons. The first-order valence-corrected chi connectivity index (χ1v) is 9.91. The fourth-order valence-electron chi connectivity index (χ4n) is 3.01. The third-order valence-electron chi connectivity index (χ3n) is 4.47. The van der Waals surface area contributed by atoms with Gasteiger partial charge in [0.2, 0.25) is 0 Å². The first kappa shape index (κ1) is 20.2. The van der Waals surface area contributed by atoms with Crippen LogP contribution >= 0.6 is 11.3 Å². The lowest BCUT2D eigenvalue weighted by Crippen LogP contribution is -2.14. The topological polar surface area (TPSA) is 111 Å². The van der Waals surface area contributed by atoms with E-state index in [1.165, 1.54) is 17.4 Å². The van der Waals surface area contributed by atoms with E-state index in [1.807, 2.05) is 30.3 Å². The highest BCUT2D eigenvalue weighted by molar-refractivity contribution is 7.21. The number of nitro benzene ring substituents is 1.